The van der Waals surface area contributed by atoms with Crippen molar-refractivity contribution in [1.29, 1.82) is 0 Å². The van der Waals surface area contributed by atoms with Gasteiger partial charge in [0.2, 0.25) is 5.91 Å². The summed E-state index contributed by atoms with van der Waals surface area (Å²) < 4.78 is 0. The van der Waals surface area contributed by atoms with Gasteiger partial charge in [0.15, 0.2) is 0 Å². The second-order valence-corrected chi connectivity index (χ2v) is 4.62. The van der Waals surface area contributed by atoms with Crippen LogP contribution in [0.3, 0.4) is 0 Å². The van der Waals surface area contributed by atoms with Gasteiger partial charge in [-0.1, -0.05) is 6.07 Å². The van der Waals surface area contributed by atoms with Crippen molar-refractivity contribution < 1.29 is 4.79 Å². The normalized spacial score (nSPS) is 15.6. The predicted octanol–water partition coefficient (Wildman–Crippen LogP) is 0.258. The molecule has 1 aliphatic rings. The highest BCUT2D eigenvalue weighted by Gasteiger charge is 2.18. The molecular formula is C13H20N4O. The smallest absolute Gasteiger partial charge is 0.242 e. The Bertz CT molecular complexity index is 415. The quantitative estimate of drug-likeness (QED) is 0.833. The van der Waals surface area contributed by atoms with Crippen LogP contribution in [0.1, 0.15) is 5.69 Å². The van der Waals surface area contributed by atoms with E-state index in [-0.39, 0.29) is 5.91 Å². The van der Waals surface area contributed by atoms with Crippen LogP contribution in [0.15, 0.2) is 18.2 Å². The highest BCUT2D eigenvalue weighted by molar-refractivity contribution is 5.81. The fraction of sp³-hybridized carbons (Fsp3) is 0.538. The van der Waals surface area contributed by atoms with E-state index in [4.69, 9.17) is 0 Å². The largest absolute Gasteiger partial charge is 0.350 e. The van der Waals surface area contributed by atoms with E-state index >= 15 is 0 Å². The molecule has 0 spiro atoms. The van der Waals surface area contributed by atoms with Gasteiger partial charge in [0, 0.05) is 38.9 Å². The molecule has 1 saturated heterocycles. The molecule has 1 amide bonds. The zero-order chi connectivity index (χ0) is 13.0. The molecule has 0 bridgehead atoms. The molecule has 18 heavy (non-hydrogen) atoms. The van der Waals surface area contributed by atoms with Gasteiger partial charge in [-0.2, -0.15) is 0 Å². The fourth-order valence-electron chi connectivity index (χ4n) is 2.04. The number of hydrogen-bond donors (Lipinski definition) is 1. The second-order valence-electron chi connectivity index (χ2n) is 4.62. The summed E-state index contributed by atoms with van der Waals surface area (Å²) in [6, 6.07) is 5.84. The lowest BCUT2D eigenvalue weighted by Crippen LogP contribution is -2.49. The van der Waals surface area contributed by atoms with Gasteiger partial charge in [0.25, 0.3) is 0 Å². The molecule has 0 aromatic carbocycles. The van der Waals surface area contributed by atoms with Crippen molar-refractivity contribution in [1.82, 2.24) is 15.2 Å². The van der Waals surface area contributed by atoms with E-state index in [0.29, 0.717) is 6.54 Å². The molecule has 0 radical (unpaired) electrons. The van der Waals surface area contributed by atoms with Gasteiger partial charge in [-0.05, 0) is 19.1 Å². The minimum Gasteiger partial charge on any atom is -0.350 e. The number of hydrogen-bond acceptors (Lipinski definition) is 4. The molecule has 1 fully saturated rings. The Morgan fingerprint density at radius 1 is 1.44 bits per heavy atom. The van der Waals surface area contributed by atoms with Crippen molar-refractivity contribution in [3.8, 4) is 0 Å². The first-order valence-electron chi connectivity index (χ1n) is 6.30. The van der Waals surface area contributed by atoms with Crippen LogP contribution in [0.5, 0.6) is 0 Å². The van der Waals surface area contributed by atoms with Gasteiger partial charge in [-0.15, -0.1) is 0 Å². The number of aromatic nitrogens is 1. The Morgan fingerprint density at radius 2 is 2.17 bits per heavy atom. The van der Waals surface area contributed by atoms with Crippen LogP contribution < -0.4 is 10.2 Å². The predicted molar refractivity (Wildman–Crippen MR) is 71.7 cm³/mol. The topological polar surface area (TPSA) is 48.5 Å². The van der Waals surface area contributed by atoms with Crippen molar-refractivity contribution in [2.45, 2.75) is 6.92 Å². The number of carbonyl (C=O) groups excluding carboxylic acids is 1. The van der Waals surface area contributed by atoms with Crippen LogP contribution in [0.2, 0.25) is 0 Å². The van der Waals surface area contributed by atoms with E-state index in [1.807, 2.05) is 42.0 Å². The Kier molecular flexibility index (Phi) is 4.15. The van der Waals surface area contributed by atoms with E-state index in [1.54, 1.807) is 0 Å². The molecule has 1 aromatic rings. The summed E-state index contributed by atoms with van der Waals surface area (Å²) in [7, 11) is 1.90. The molecule has 0 atom stereocenters. The van der Waals surface area contributed by atoms with Crippen molar-refractivity contribution in [2.75, 3.05) is 44.7 Å². The summed E-state index contributed by atoms with van der Waals surface area (Å²) >= 11 is 0. The molecule has 2 heterocycles. The molecule has 2 rings (SSSR count). The van der Waals surface area contributed by atoms with Crippen molar-refractivity contribution >= 4 is 11.7 Å². The van der Waals surface area contributed by atoms with E-state index in [0.717, 1.165) is 37.7 Å². The Labute approximate surface area is 108 Å². The first-order chi connectivity index (χ1) is 8.66. The third-order valence-corrected chi connectivity index (χ3v) is 3.11. The second kappa shape index (κ2) is 5.82. The van der Waals surface area contributed by atoms with E-state index < -0.39 is 0 Å². The molecule has 98 valence electrons. The van der Waals surface area contributed by atoms with Gasteiger partial charge in [-0.25, -0.2) is 4.98 Å². The van der Waals surface area contributed by atoms with Crippen LogP contribution in [0.25, 0.3) is 0 Å². The summed E-state index contributed by atoms with van der Waals surface area (Å²) in [6.45, 7) is 5.71. The van der Waals surface area contributed by atoms with Crippen LogP contribution in [-0.2, 0) is 4.79 Å². The Balaban J connectivity index is 1.94. The number of carbonyl (C=O) groups is 1. The molecule has 0 unspecified atom stereocenters. The van der Waals surface area contributed by atoms with Gasteiger partial charge in [-0.3, -0.25) is 4.79 Å². The number of rotatable bonds is 3. The molecular weight excluding hydrogens is 228 g/mol. The number of piperazine rings is 1. The summed E-state index contributed by atoms with van der Waals surface area (Å²) in [6.07, 6.45) is 0. The number of pyridine rings is 1. The van der Waals surface area contributed by atoms with Crippen molar-refractivity contribution in [2.24, 2.45) is 0 Å². The number of likely N-dealkylation sites (N-methyl/N-ethyl adjacent to an activating group) is 1. The monoisotopic (exact) mass is 248 g/mol. The highest BCUT2D eigenvalue weighted by atomic mass is 16.2. The first kappa shape index (κ1) is 12.8. The van der Waals surface area contributed by atoms with E-state index in [1.165, 1.54) is 0 Å². The third kappa shape index (κ3) is 3.20. The van der Waals surface area contributed by atoms with Crippen LogP contribution in [0.4, 0.5) is 5.82 Å². The standard InChI is InChI=1S/C13H20N4O/c1-11-4-3-5-12(15-11)16(2)10-13(18)17-8-6-14-7-9-17/h3-5,14H,6-10H2,1-2H3. The van der Waals surface area contributed by atoms with Crippen molar-refractivity contribution in [3.05, 3.63) is 23.9 Å². The third-order valence-electron chi connectivity index (χ3n) is 3.11. The summed E-state index contributed by atoms with van der Waals surface area (Å²) in [4.78, 5) is 20.3. The maximum absolute atomic E-state index is 12.1. The average molecular weight is 248 g/mol. The molecule has 0 aliphatic carbocycles. The minimum absolute atomic E-state index is 0.169. The maximum atomic E-state index is 12.1. The lowest BCUT2D eigenvalue weighted by Gasteiger charge is -2.29. The van der Waals surface area contributed by atoms with E-state index in [2.05, 4.69) is 10.3 Å². The maximum Gasteiger partial charge on any atom is 0.242 e. The Hall–Kier alpha value is -1.62. The number of anilines is 1. The lowest BCUT2D eigenvalue weighted by molar-refractivity contribution is -0.130. The van der Waals surface area contributed by atoms with Crippen molar-refractivity contribution in [3.63, 3.8) is 0 Å². The number of nitrogens with zero attached hydrogens (tertiary/aromatic N) is 3. The Morgan fingerprint density at radius 3 is 2.83 bits per heavy atom. The molecule has 0 saturated carbocycles. The van der Waals surface area contributed by atoms with Crippen LogP contribution in [-0.4, -0.2) is 55.6 Å². The minimum atomic E-state index is 0.169. The molecule has 1 aliphatic heterocycles. The summed E-state index contributed by atoms with van der Waals surface area (Å²) in [5.41, 5.74) is 0.967. The molecule has 5 heteroatoms. The molecule has 5 nitrogen and oxygen atoms in total. The van der Waals surface area contributed by atoms with Gasteiger partial charge < -0.3 is 15.1 Å². The average Bonchev–Trinajstić information content (AvgIpc) is 2.39. The van der Waals surface area contributed by atoms with E-state index in [9.17, 15) is 4.79 Å². The van der Waals surface area contributed by atoms with Gasteiger partial charge >= 0.3 is 0 Å². The number of nitrogens with one attached hydrogen (secondary N) is 1. The highest BCUT2D eigenvalue weighted by Crippen LogP contribution is 2.09. The summed E-state index contributed by atoms with van der Waals surface area (Å²) in [5.74, 6) is 1.01. The van der Waals surface area contributed by atoms with Gasteiger partial charge in [0.1, 0.15) is 5.82 Å². The van der Waals surface area contributed by atoms with Crippen LogP contribution in [0, 0.1) is 6.92 Å². The fourth-order valence-corrected chi connectivity index (χ4v) is 2.04. The molecule has 1 N–H and O–H groups in total. The zero-order valence-electron chi connectivity index (χ0n) is 11.0. The SMILES string of the molecule is Cc1cccc(N(C)CC(=O)N2CCNCC2)n1. The first-order valence-corrected chi connectivity index (χ1v) is 6.30. The molecule has 1 aromatic heterocycles. The van der Waals surface area contributed by atoms with Gasteiger partial charge in [0.05, 0.1) is 6.54 Å². The zero-order valence-corrected chi connectivity index (χ0v) is 11.0. The van der Waals surface area contributed by atoms with Crippen LogP contribution >= 0.6 is 0 Å². The number of amides is 1. The lowest BCUT2D eigenvalue weighted by atomic mass is 10.3. The number of aryl methyl sites for hydroxylation is 1. The summed E-state index contributed by atoms with van der Waals surface area (Å²) in [5, 5.41) is 3.24.